The van der Waals surface area contributed by atoms with Gasteiger partial charge < -0.3 is 9.47 Å². The van der Waals surface area contributed by atoms with Crippen molar-refractivity contribution in [1.29, 1.82) is 0 Å². The summed E-state index contributed by atoms with van der Waals surface area (Å²) in [4.78, 5) is 12.3. The number of carbonyl (C=O) groups excluding carboxylic acids is 1. The lowest BCUT2D eigenvalue weighted by molar-refractivity contribution is -0.146. The van der Waals surface area contributed by atoms with Crippen LogP contribution in [0, 0.1) is 0 Å². The summed E-state index contributed by atoms with van der Waals surface area (Å²) in [6.45, 7) is 6.13. The van der Waals surface area contributed by atoms with Gasteiger partial charge in [-0.3, -0.25) is 9.52 Å². The SMILES string of the molecule is CCOC(=O)C1(c2ccc(NS(=O)(=O)c3cc(C(C)C)ccc3OC)cc2)CC1. The van der Waals surface area contributed by atoms with Crippen LogP contribution in [0.1, 0.15) is 50.7 Å². The Morgan fingerprint density at radius 2 is 1.79 bits per heavy atom. The first-order valence-electron chi connectivity index (χ1n) is 9.72. The normalized spacial score (nSPS) is 15.1. The van der Waals surface area contributed by atoms with Crippen molar-refractivity contribution in [2.75, 3.05) is 18.4 Å². The highest BCUT2D eigenvalue weighted by molar-refractivity contribution is 7.92. The van der Waals surface area contributed by atoms with Gasteiger partial charge in [0.1, 0.15) is 10.6 Å². The molecule has 1 aliphatic rings. The zero-order chi connectivity index (χ0) is 21.2. The number of esters is 1. The van der Waals surface area contributed by atoms with Gasteiger partial charge in [-0.05, 0) is 61.1 Å². The fourth-order valence-corrected chi connectivity index (χ4v) is 4.60. The Morgan fingerprint density at radius 1 is 1.14 bits per heavy atom. The van der Waals surface area contributed by atoms with Gasteiger partial charge in [-0.25, -0.2) is 8.42 Å². The molecule has 2 aromatic rings. The molecule has 0 saturated heterocycles. The molecule has 1 N–H and O–H groups in total. The first-order valence-corrected chi connectivity index (χ1v) is 11.2. The fourth-order valence-electron chi connectivity index (χ4n) is 3.33. The highest BCUT2D eigenvalue weighted by Gasteiger charge is 2.52. The van der Waals surface area contributed by atoms with Crippen molar-refractivity contribution >= 4 is 21.7 Å². The first kappa shape index (κ1) is 21.2. The molecule has 0 heterocycles. The predicted octanol–water partition coefficient (Wildman–Crippen LogP) is 4.21. The summed E-state index contributed by atoms with van der Waals surface area (Å²) < 4.78 is 39.0. The molecule has 0 amide bonds. The van der Waals surface area contributed by atoms with Crippen molar-refractivity contribution in [2.24, 2.45) is 0 Å². The second-order valence-electron chi connectivity index (χ2n) is 7.55. The largest absolute Gasteiger partial charge is 0.495 e. The highest BCUT2D eigenvalue weighted by atomic mass is 32.2. The van der Waals surface area contributed by atoms with Crippen LogP contribution in [0.25, 0.3) is 0 Å². The zero-order valence-corrected chi connectivity index (χ0v) is 18.0. The van der Waals surface area contributed by atoms with Gasteiger partial charge >= 0.3 is 5.97 Å². The summed E-state index contributed by atoms with van der Waals surface area (Å²) >= 11 is 0. The van der Waals surface area contributed by atoms with Crippen LogP contribution in [-0.2, 0) is 25.0 Å². The molecule has 0 aliphatic heterocycles. The minimum Gasteiger partial charge on any atom is -0.495 e. The number of ether oxygens (including phenoxy) is 2. The van der Waals surface area contributed by atoms with E-state index in [0.29, 0.717) is 12.3 Å². The second-order valence-corrected chi connectivity index (χ2v) is 9.20. The number of benzene rings is 2. The van der Waals surface area contributed by atoms with Crippen LogP contribution in [0.5, 0.6) is 5.75 Å². The van der Waals surface area contributed by atoms with Gasteiger partial charge in [0.15, 0.2) is 0 Å². The van der Waals surface area contributed by atoms with E-state index in [4.69, 9.17) is 9.47 Å². The number of rotatable bonds is 8. The molecule has 0 atom stereocenters. The second kappa shape index (κ2) is 8.06. The number of methoxy groups -OCH3 is 1. The third-order valence-electron chi connectivity index (χ3n) is 5.25. The first-order chi connectivity index (χ1) is 13.7. The molecular weight excluding hydrogens is 390 g/mol. The fraction of sp³-hybridized carbons (Fsp3) is 0.409. The van der Waals surface area contributed by atoms with Crippen LogP contribution in [0.3, 0.4) is 0 Å². The minimum absolute atomic E-state index is 0.0977. The minimum atomic E-state index is -3.84. The lowest BCUT2D eigenvalue weighted by Crippen LogP contribution is -2.23. The quantitative estimate of drug-likeness (QED) is 0.651. The number of sulfonamides is 1. The smallest absolute Gasteiger partial charge is 0.316 e. The van der Waals surface area contributed by atoms with Crippen LogP contribution in [-0.4, -0.2) is 28.1 Å². The maximum Gasteiger partial charge on any atom is 0.316 e. The molecule has 1 aliphatic carbocycles. The van der Waals surface area contributed by atoms with Crippen molar-refractivity contribution in [3.8, 4) is 5.75 Å². The third-order valence-corrected chi connectivity index (χ3v) is 6.65. The number of anilines is 1. The van der Waals surface area contributed by atoms with Gasteiger partial charge in [0.25, 0.3) is 10.0 Å². The Hall–Kier alpha value is -2.54. The molecule has 1 fully saturated rings. The van der Waals surface area contributed by atoms with Gasteiger partial charge in [-0.1, -0.05) is 32.0 Å². The van der Waals surface area contributed by atoms with Crippen LogP contribution in [0.4, 0.5) is 5.69 Å². The van der Waals surface area contributed by atoms with E-state index in [1.807, 2.05) is 19.9 Å². The molecule has 0 aromatic heterocycles. The van der Waals surface area contributed by atoms with Crippen LogP contribution in [0.2, 0.25) is 0 Å². The monoisotopic (exact) mass is 417 g/mol. The molecule has 0 radical (unpaired) electrons. The molecule has 0 bridgehead atoms. The van der Waals surface area contributed by atoms with E-state index in [2.05, 4.69) is 4.72 Å². The maximum atomic E-state index is 13.0. The van der Waals surface area contributed by atoms with Crippen molar-refractivity contribution in [3.63, 3.8) is 0 Å². The summed E-state index contributed by atoms with van der Waals surface area (Å²) in [7, 11) is -2.39. The molecule has 7 heteroatoms. The summed E-state index contributed by atoms with van der Waals surface area (Å²) in [5.74, 6) is 0.257. The van der Waals surface area contributed by atoms with Crippen LogP contribution in [0.15, 0.2) is 47.4 Å². The topological polar surface area (TPSA) is 81.7 Å². The van der Waals surface area contributed by atoms with Gasteiger partial charge in [-0.2, -0.15) is 0 Å². The summed E-state index contributed by atoms with van der Waals surface area (Å²) in [6.07, 6.45) is 1.49. The Bertz CT molecular complexity index is 992. The average Bonchev–Trinajstić information content (AvgIpc) is 3.50. The molecule has 3 rings (SSSR count). The third kappa shape index (κ3) is 4.24. The van der Waals surface area contributed by atoms with Crippen LogP contribution < -0.4 is 9.46 Å². The van der Waals surface area contributed by atoms with E-state index in [0.717, 1.165) is 24.0 Å². The molecule has 2 aromatic carbocycles. The number of hydrogen-bond acceptors (Lipinski definition) is 5. The van der Waals surface area contributed by atoms with E-state index in [9.17, 15) is 13.2 Å². The van der Waals surface area contributed by atoms with Crippen molar-refractivity contribution in [3.05, 3.63) is 53.6 Å². The Balaban J connectivity index is 1.85. The molecule has 0 unspecified atom stereocenters. The predicted molar refractivity (Wildman–Crippen MR) is 112 cm³/mol. The molecular formula is C22H27NO5S. The van der Waals surface area contributed by atoms with E-state index < -0.39 is 15.4 Å². The standard InChI is InChI=1S/C22H27NO5S/c1-5-28-21(24)22(12-13-22)17-7-9-18(10-8-17)23-29(25,26)20-14-16(15(2)3)6-11-19(20)27-4/h6-11,14-15,23H,5,12-13H2,1-4H3. The summed E-state index contributed by atoms with van der Waals surface area (Å²) in [5.41, 5.74) is 1.60. The zero-order valence-electron chi connectivity index (χ0n) is 17.2. The Morgan fingerprint density at radius 3 is 2.31 bits per heavy atom. The lowest BCUT2D eigenvalue weighted by Gasteiger charge is -2.16. The number of carbonyl (C=O) groups is 1. The number of hydrogen-bond donors (Lipinski definition) is 1. The molecule has 156 valence electrons. The lowest BCUT2D eigenvalue weighted by atomic mass is 9.96. The maximum absolute atomic E-state index is 13.0. The van der Waals surface area contributed by atoms with Gasteiger partial charge in [0.2, 0.25) is 0 Å². The molecule has 1 saturated carbocycles. The van der Waals surface area contributed by atoms with Crippen LogP contribution >= 0.6 is 0 Å². The van der Waals surface area contributed by atoms with Gasteiger partial charge in [0, 0.05) is 5.69 Å². The molecule has 0 spiro atoms. The average molecular weight is 418 g/mol. The summed E-state index contributed by atoms with van der Waals surface area (Å²) in [5, 5.41) is 0. The molecule has 6 nitrogen and oxygen atoms in total. The van der Waals surface area contributed by atoms with Crippen molar-refractivity contribution in [1.82, 2.24) is 0 Å². The molecule has 29 heavy (non-hydrogen) atoms. The summed E-state index contributed by atoms with van der Waals surface area (Å²) in [6, 6.07) is 12.1. The van der Waals surface area contributed by atoms with Crippen molar-refractivity contribution in [2.45, 2.75) is 49.8 Å². The van der Waals surface area contributed by atoms with Gasteiger partial charge in [0.05, 0.1) is 19.1 Å². The number of nitrogens with one attached hydrogen (secondary N) is 1. The van der Waals surface area contributed by atoms with Gasteiger partial charge in [-0.15, -0.1) is 0 Å². The Kier molecular flexibility index (Phi) is 5.89. The van der Waals surface area contributed by atoms with E-state index >= 15 is 0 Å². The van der Waals surface area contributed by atoms with E-state index in [1.54, 1.807) is 43.3 Å². The Labute approximate surface area is 172 Å². The highest BCUT2D eigenvalue weighted by Crippen LogP contribution is 2.49. The van der Waals surface area contributed by atoms with Crippen molar-refractivity contribution < 1.29 is 22.7 Å². The van der Waals surface area contributed by atoms with E-state index in [1.165, 1.54) is 7.11 Å². The van der Waals surface area contributed by atoms with E-state index in [-0.39, 0.29) is 22.5 Å².